The van der Waals surface area contributed by atoms with Gasteiger partial charge in [-0.3, -0.25) is 4.79 Å². The Morgan fingerprint density at radius 2 is 1.73 bits per heavy atom. The van der Waals surface area contributed by atoms with E-state index in [9.17, 15) is 32.0 Å². The number of halogens is 5. The van der Waals surface area contributed by atoms with Crippen molar-refractivity contribution in [1.29, 1.82) is 5.26 Å². The summed E-state index contributed by atoms with van der Waals surface area (Å²) < 4.78 is 71.6. The number of alkyl halides is 3. The zero-order valence-corrected chi connectivity index (χ0v) is 20.2. The van der Waals surface area contributed by atoms with Crippen molar-refractivity contribution in [3.8, 4) is 11.9 Å². The van der Waals surface area contributed by atoms with E-state index in [1.807, 2.05) is 6.07 Å². The first-order valence-electron chi connectivity index (χ1n) is 11.3. The van der Waals surface area contributed by atoms with Gasteiger partial charge in [-0.2, -0.15) is 18.4 Å². The number of benzene rings is 2. The van der Waals surface area contributed by atoms with Crippen molar-refractivity contribution in [1.82, 2.24) is 10.3 Å². The van der Waals surface area contributed by atoms with Crippen LogP contribution in [-0.4, -0.2) is 22.5 Å². The highest BCUT2D eigenvalue weighted by atomic mass is 19.4. The summed E-state index contributed by atoms with van der Waals surface area (Å²) in [5, 5.41) is 12.1. The molecular formula is C27H24F5N3O2. The Hall–Kier alpha value is -4.00. The smallest absolute Gasteiger partial charge is 0.417 e. The number of rotatable bonds is 8. The Labute approximate surface area is 210 Å². The molecule has 1 aromatic heterocycles. The Bertz CT molecular complexity index is 1280. The van der Waals surface area contributed by atoms with Crippen molar-refractivity contribution in [2.24, 2.45) is 0 Å². The van der Waals surface area contributed by atoms with Gasteiger partial charge >= 0.3 is 6.18 Å². The fourth-order valence-electron chi connectivity index (χ4n) is 3.75. The molecule has 3 rings (SSSR count). The van der Waals surface area contributed by atoms with Gasteiger partial charge in [-0.25, -0.2) is 13.8 Å². The number of carbonyl (C=O) groups excluding carboxylic acids is 1. The van der Waals surface area contributed by atoms with Gasteiger partial charge in [0.25, 0.3) is 5.91 Å². The van der Waals surface area contributed by atoms with E-state index >= 15 is 0 Å². The molecule has 194 valence electrons. The van der Waals surface area contributed by atoms with E-state index in [0.717, 1.165) is 23.8 Å². The van der Waals surface area contributed by atoms with Crippen LogP contribution in [0, 0.1) is 23.0 Å². The Morgan fingerprint density at radius 3 is 2.30 bits per heavy atom. The summed E-state index contributed by atoms with van der Waals surface area (Å²) in [5.41, 5.74) is -1.20. The standard InChI is InChI=1S/C27H24F5N3O2/c1-16(35-25(36)26(2,3)37-24-9-6-20(15-34-24)27(30,31)32)23(12-17-4-7-21(28)8-5-17)19-10-18(14-33)11-22(29)13-19/h4-11,13,15-16,23H,12H2,1-3H3,(H,35,36). The van der Waals surface area contributed by atoms with Gasteiger partial charge in [0.1, 0.15) is 11.6 Å². The van der Waals surface area contributed by atoms with Gasteiger partial charge in [-0.1, -0.05) is 12.1 Å². The van der Waals surface area contributed by atoms with Crippen LogP contribution in [0.5, 0.6) is 5.88 Å². The average molecular weight is 517 g/mol. The summed E-state index contributed by atoms with van der Waals surface area (Å²) in [6.07, 6.45) is -3.66. The van der Waals surface area contributed by atoms with Crippen molar-refractivity contribution < 1.29 is 31.5 Å². The maximum absolute atomic E-state index is 14.2. The number of pyridine rings is 1. The van der Waals surface area contributed by atoms with E-state index in [1.165, 1.54) is 38.1 Å². The van der Waals surface area contributed by atoms with Gasteiger partial charge in [-0.15, -0.1) is 0 Å². The minimum Gasteiger partial charge on any atom is -0.462 e. The molecule has 2 unspecified atom stereocenters. The number of nitrogens with one attached hydrogen (secondary N) is 1. The van der Waals surface area contributed by atoms with Crippen molar-refractivity contribution >= 4 is 5.91 Å². The van der Waals surface area contributed by atoms with E-state index in [4.69, 9.17) is 4.74 Å². The van der Waals surface area contributed by atoms with Crippen LogP contribution in [-0.2, 0) is 17.4 Å². The highest BCUT2D eigenvalue weighted by molar-refractivity contribution is 5.85. The summed E-state index contributed by atoms with van der Waals surface area (Å²) >= 11 is 0. The molecule has 0 fully saturated rings. The molecule has 0 saturated carbocycles. The predicted octanol–water partition coefficient (Wildman–Crippen LogP) is 5.94. The van der Waals surface area contributed by atoms with Gasteiger partial charge in [0.2, 0.25) is 5.88 Å². The molecule has 1 heterocycles. The van der Waals surface area contributed by atoms with E-state index in [0.29, 0.717) is 11.8 Å². The van der Waals surface area contributed by atoms with Gasteiger partial charge in [0, 0.05) is 24.2 Å². The van der Waals surface area contributed by atoms with Crippen LogP contribution < -0.4 is 10.1 Å². The summed E-state index contributed by atoms with van der Waals surface area (Å²) in [5.74, 6) is -2.32. The van der Waals surface area contributed by atoms with Gasteiger partial charge < -0.3 is 10.1 Å². The van der Waals surface area contributed by atoms with Crippen LogP contribution in [0.25, 0.3) is 0 Å². The Balaban J connectivity index is 1.82. The molecule has 0 spiro atoms. The molecule has 3 aromatic rings. The lowest BCUT2D eigenvalue weighted by Gasteiger charge is -2.30. The van der Waals surface area contributed by atoms with Crippen molar-refractivity contribution in [2.45, 2.75) is 50.9 Å². The average Bonchev–Trinajstić information content (AvgIpc) is 2.82. The molecule has 0 bridgehead atoms. The van der Waals surface area contributed by atoms with E-state index in [2.05, 4.69) is 10.3 Å². The number of amides is 1. The van der Waals surface area contributed by atoms with Crippen LogP contribution in [0.2, 0.25) is 0 Å². The SMILES string of the molecule is CC(NC(=O)C(C)(C)Oc1ccc(C(F)(F)F)cn1)C(Cc1ccc(F)cc1)c1cc(F)cc(C#N)c1. The lowest BCUT2D eigenvalue weighted by Crippen LogP contribution is -2.51. The number of carbonyl (C=O) groups is 1. The maximum atomic E-state index is 14.2. The Morgan fingerprint density at radius 1 is 1.05 bits per heavy atom. The number of aromatic nitrogens is 1. The molecule has 37 heavy (non-hydrogen) atoms. The van der Waals surface area contributed by atoms with Crippen LogP contribution in [0.15, 0.2) is 60.8 Å². The molecule has 0 aliphatic carbocycles. The topological polar surface area (TPSA) is 75.0 Å². The fraction of sp³-hybridized carbons (Fsp3) is 0.296. The molecular weight excluding hydrogens is 493 g/mol. The summed E-state index contributed by atoms with van der Waals surface area (Å²) in [6.45, 7) is 4.55. The van der Waals surface area contributed by atoms with E-state index < -0.39 is 46.8 Å². The van der Waals surface area contributed by atoms with E-state index in [-0.39, 0.29) is 17.9 Å². The number of nitrogens with zero attached hydrogens (tertiary/aromatic N) is 2. The zero-order chi connectivity index (χ0) is 27.4. The molecule has 0 saturated heterocycles. The Kier molecular flexibility index (Phi) is 8.16. The van der Waals surface area contributed by atoms with Crippen molar-refractivity contribution in [3.63, 3.8) is 0 Å². The van der Waals surface area contributed by atoms with Crippen LogP contribution >= 0.6 is 0 Å². The first kappa shape index (κ1) is 27.6. The molecule has 10 heteroatoms. The highest BCUT2D eigenvalue weighted by Gasteiger charge is 2.35. The third-order valence-electron chi connectivity index (χ3n) is 5.78. The first-order chi connectivity index (χ1) is 17.3. The molecule has 5 nitrogen and oxygen atoms in total. The van der Waals surface area contributed by atoms with Crippen LogP contribution in [0.3, 0.4) is 0 Å². The fourth-order valence-corrected chi connectivity index (χ4v) is 3.75. The lowest BCUT2D eigenvalue weighted by molar-refractivity contribution is -0.138. The summed E-state index contributed by atoms with van der Waals surface area (Å²) in [4.78, 5) is 16.7. The van der Waals surface area contributed by atoms with Gasteiger partial charge in [0.15, 0.2) is 5.60 Å². The van der Waals surface area contributed by atoms with Crippen molar-refractivity contribution in [2.75, 3.05) is 0 Å². The normalized spacial score (nSPS) is 13.4. The van der Waals surface area contributed by atoms with Gasteiger partial charge in [0.05, 0.1) is 17.2 Å². The second-order valence-electron chi connectivity index (χ2n) is 9.08. The second-order valence-corrected chi connectivity index (χ2v) is 9.08. The summed E-state index contributed by atoms with van der Waals surface area (Å²) in [6, 6.07) is 12.7. The lowest BCUT2D eigenvalue weighted by atomic mass is 9.85. The van der Waals surface area contributed by atoms with Crippen LogP contribution in [0.4, 0.5) is 22.0 Å². The monoisotopic (exact) mass is 517 g/mol. The van der Waals surface area contributed by atoms with Crippen molar-refractivity contribution in [3.05, 3.63) is 94.7 Å². The first-order valence-corrected chi connectivity index (χ1v) is 11.3. The minimum absolute atomic E-state index is 0.106. The van der Waals surface area contributed by atoms with E-state index in [1.54, 1.807) is 19.1 Å². The minimum atomic E-state index is -4.56. The number of hydrogen-bond donors (Lipinski definition) is 1. The third-order valence-corrected chi connectivity index (χ3v) is 5.78. The maximum Gasteiger partial charge on any atom is 0.417 e. The zero-order valence-electron chi connectivity index (χ0n) is 20.2. The molecule has 2 aromatic carbocycles. The van der Waals surface area contributed by atoms with Crippen LogP contribution in [0.1, 0.15) is 48.9 Å². The highest BCUT2D eigenvalue weighted by Crippen LogP contribution is 2.30. The number of hydrogen-bond acceptors (Lipinski definition) is 4. The number of ether oxygens (including phenoxy) is 1. The molecule has 0 aliphatic rings. The molecule has 0 radical (unpaired) electrons. The summed E-state index contributed by atoms with van der Waals surface area (Å²) in [7, 11) is 0. The third kappa shape index (κ3) is 7.26. The quantitative estimate of drug-likeness (QED) is 0.376. The second kappa shape index (κ2) is 10.9. The molecule has 1 N–H and O–H groups in total. The predicted molar refractivity (Wildman–Crippen MR) is 126 cm³/mol. The molecule has 2 atom stereocenters. The largest absolute Gasteiger partial charge is 0.462 e. The number of nitriles is 1. The van der Waals surface area contributed by atoms with Gasteiger partial charge in [-0.05, 0) is 74.7 Å². The molecule has 0 aliphatic heterocycles. The molecule has 1 amide bonds.